The van der Waals surface area contributed by atoms with E-state index < -0.39 is 79.1 Å². The van der Waals surface area contributed by atoms with E-state index in [2.05, 4.69) is 6.58 Å². The summed E-state index contributed by atoms with van der Waals surface area (Å²) in [5.74, 6) is -3.30. The van der Waals surface area contributed by atoms with Crippen molar-refractivity contribution in [3.63, 3.8) is 0 Å². The van der Waals surface area contributed by atoms with Gasteiger partial charge < -0.3 is 47.4 Å². The topological polar surface area (TPSA) is 178 Å². The molecular weight excluding hydrogens is 588 g/mol. The zero-order valence-corrected chi connectivity index (χ0v) is 25.0. The lowest BCUT2D eigenvalue weighted by Gasteiger charge is -2.44. The van der Waals surface area contributed by atoms with Crippen molar-refractivity contribution in [1.29, 1.82) is 0 Å². The molecule has 2 aliphatic heterocycles. The highest BCUT2D eigenvalue weighted by molar-refractivity contribution is 5.89. The van der Waals surface area contributed by atoms with E-state index in [1.54, 1.807) is 0 Å². The van der Waals surface area contributed by atoms with Gasteiger partial charge in [0.25, 0.3) is 0 Å². The molecule has 8 atom stereocenters. The van der Waals surface area contributed by atoms with Crippen LogP contribution in [0, 0.1) is 0 Å². The van der Waals surface area contributed by atoms with Crippen molar-refractivity contribution in [1.82, 2.24) is 0 Å². The zero-order valence-electron chi connectivity index (χ0n) is 25.0. The minimum atomic E-state index is -1.51. The molecule has 0 aromatic heterocycles. The summed E-state index contributed by atoms with van der Waals surface area (Å²) < 4.78 is 55.8. The van der Waals surface area contributed by atoms with E-state index in [1.807, 2.05) is 0 Å². The average molecular weight is 625 g/mol. The maximum atomic E-state index is 13.2. The smallest absolute Gasteiger partial charge is 0.338 e. The van der Waals surface area contributed by atoms with Crippen LogP contribution in [-0.4, -0.2) is 106 Å². The summed E-state index contributed by atoms with van der Waals surface area (Å²) in [6.07, 6.45) is -8.98. The number of methoxy groups -OCH3 is 1. The van der Waals surface area contributed by atoms with Gasteiger partial charge in [0, 0.05) is 27.7 Å². The fourth-order valence-corrected chi connectivity index (χ4v) is 4.54. The largest absolute Gasteiger partial charge is 0.497 e. The molecular formula is C29H36O15. The van der Waals surface area contributed by atoms with E-state index in [-0.39, 0.29) is 25.4 Å². The predicted octanol–water partition coefficient (Wildman–Crippen LogP) is 1.25. The summed E-state index contributed by atoms with van der Waals surface area (Å²) in [4.78, 5) is 61.2. The van der Waals surface area contributed by atoms with Crippen LogP contribution < -0.4 is 4.74 Å². The Kier molecular flexibility index (Phi) is 12.6. The molecule has 2 saturated heterocycles. The van der Waals surface area contributed by atoms with Crippen molar-refractivity contribution >= 4 is 29.8 Å². The van der Waals surface area contributed by atoms with Crippen molar-refractivity contribution in [3.05, 3.63) is 42.5 Å². The Morgan fingerprint density at radius 1 is 0.727 bits per heavy atom. The number of hydrogen-bond acceptors (Lipinski definition) is 15. The van der Waals surface area contributed by atoms with Crippen molar-refractivity contribution in [2.75, 3.05) is 26.9 Å². The highest BCUT2D eigenvalue weighted by Gasteiger charge is 2.52. The second-order valence-corrected chi connectivity index (χ2v) is 9.67. The van der Waals surface area contributed by atoms with Gasteiger partial charge in [0.1, 0.15) is 11.9 Å². The summed E-state index contributed by atoms with van der Waals surface area (Å²) in [5.41, 5.74) is 0.108. The molecule has 1 aromatic rings. The van der Waals surface area contributed by atoms with Crippen LogP contribution in [0.5, 0.6) is 5.75 Å². The van der Waals surface area contributed by atoms with Gasteiger partial charge in [0.15, 0.2) is 43.1 Å². The Bertz CT molecular complexity index is 1180. The Hall–Kier alpha value is -4.05. The van der Waals surface area contributed by atoms with E-state index in [9.17, 15) is 24.0 Å². The molecule has 0 saturated carbocycles. The molecule has 15 heteroatoms. The minimum absolute atomic E-state index is 0.0253. The van der Waals surface area contributed by atoms with Gasteiger partial charge in [-0.3, -0.25) is 19.2 Å². The lowest BCUT2D eigenvalue weighted by Crippen LogP contribution is -2.62. The first-order valence-electron chi connectivity index (χ1n) is 13.6. The Morgan fingerprint density at radius 2 is 1.23 bits per heavy atom. The van der Waals surface area contributed by atoms with Crippen LogP contribution in [0.15, 0.2) is 36.9 Å². The SMILES string of the molecule is C=CCO[C@@H]1OC[C@H](O[C@@H]2OC[C@@H](OC(C)=O)[C@H](OC(C)=O)[C@H]2OC(=O)c2ccc(OC)cc2)[C@H](OC(C)=O)[C@H]1OC(C)=O. The van der Waals surface area contributed by atoms with Crippen molar-refractivity contribution in [2.24, 2.45) is 0 Å². The number of carbonyl (C=O) groups is 5. The first-order valence-corrected chi connectivity index (χ1v) is 13.6. The van der Waals surface area contributed by atoms with E-state index in [4.69, 9.17) is 47.4 Å². The monoisotopic (exact) mass is 624 g/mol. The molecule has 2 heterocycles. The molecule has 0 N–H and O–H groups in total. The quantitative estimate of drug-likeness (QED) is 0.184. The summed E-state index contributed by atoms with van der Waals surface area (Å²) in [7, 11) is 1.46. The molecule has 242 valence electrons. The third-order valence-corrected chi connectivity index (χ3v) is 6.25. The highest BCUT2D eigenvalue weighted by Crippen LogP contribution is 2.31. The first kappa shape index (κ1) is 34.4. The van der Waals surface area contributed by atoms with Crippen molar-refractivity contribution in [3.8, 4) is 5.75 Å². The van der Waals surface area contributed by atoms with Crippen LogP contribution in [-0.2, 0) is 61.8 Å². The second kappa shape index (κ2) is 16.1. The van der Waals surface area contributed by atoms with Crippen LogP contribution in [0.25, 0.3) is 0 Å². The van der Waals surface area contributed by atoms with Crippen LogP contribution in [0.4, 0.5) is 0 Å². The van der Waals surface area contributed by atoms with Gasteiger partial charge in [-0.1, -0.05) is 6.08 Å². The van der Waals surface area contributed by atoms with Gasteiger partial charge in [-0.05, 0) is 24.3 Å². The van der Waals surface area contributed by atoms with Gasteiger partial charge in [0.2, 0.25) is 0 Å². The molecule has 0 amide bonds. The zero-order chi connectivity index (χ0) is 32.4. The molecule has 2 aliphatic rings. The molecule has 0 spiro atoms. The van der Waals surface area contributed by atoms with Crippen LogP contribution in [0.2, 0.25) is 0 Å². The number of rotatable bonds is 12. The fourth-order valence-electron chi connectivity index (χ4n) is 4.54. The summed E-state index contributed by atoms with van der Waals surface area (Å²) in [5, 5.41) is 0. The first-order chi connectivity index (χ1) is 20.9. The third kappa shape index (κ3) is 9.47. The van der Waals surface area contributed by atoms with Gasteiger partial charge in [0.05, 0.1) is 32.5 Å². The van der Waals surface area contributed by atoms with Gasteiger partial charge >= 0.3 is 29.8 Å². The van der Waals surface area contributed by atoms with E-state index >= 15 is 0 Å². The molecule has 1 aromatic carbocycles. The normalized spacial score (nSPS) is 28.1. The van der Waals surface area contributed by atoms with E-state index in [0.29, 0.717) is 5.75 Å². The fraction of sp³-hybridized carbons (Fsp3) is 0.552. The lowest BCUT2D eigenvalue weighted by atomic mass is 10.0. The van der Waals surface area contributed by atoms with Gasteiger partial charge in [-0.15, -0.1) is 6.58 Å². The van der Waals surface area contributed by atoms with Crippen molar-refractivity contribution < 1.29 is 71.3 Å². The van der Waals surface area contributed by atoms with E-state index in [1.165, 1.54) is 37.5 Å². The maximum absolute atomic E-state index is 13.2. The predicted molar refractivity (Wildman–Crippen MR) is 145 cm³/mol. The molecule has 3 rings (SSSR count). The maximum Gasteiger partial charge on any atom is 0.338 e. The molecule has 2 fully saturated rings. The molecule has 0 radical (unpaired) electrons. The minimum Gasteiger partial charge on any atom is -0.497 e. The Labute approximate surface area is 253 Å². The Morgan fingerprint density at radius 3 is 1.77 bits per heavy atom. The number of carbonyl (C=O) groups excluding carboxylic acids is 5. The number of ether oxygens (including phenoxy) is 10. The molecule has 0 bridgehead atoms. The molecule has 15 nitrogen and oxygen atoms in total. The number of esters is 5. The average Bonchev–Trinajstić information content (AvgIpc) is 2.96. The summed E-state index contributed by atoms with van der Waals surface area (Å²) in [6.45, 7) is 7.58. The standard InChI is InChI=1S/C29H36O15/c1-7-12-36-28-25(42-18(5)33)24(41-17(4)32)22(14-37-28)43-29-26(44-27(34)19-8-10-20(35-6)11-9-19)23(40-16(3)31)21(13-38-29)39-15(2)30/h7-11,21-26,28-29H,1,12-14H2,2-6H3/t21-,22+,23+,24+,25-,26-,28-,29+/m1/s1. The van der Waals surface area contributed by atoms with Gasteiger partial charge in [-0.25, -0.2) is 4.79 Å². The molecule has 0 aliphatic carbocycles. The number of hydrogen-bond donors (Lipinski definition) is 0. The molecule has 44 heavy (non-hydrogen) atoms. The van der Waals surface area contributed by atoms with Crippen LogP contribution in [0.1, 0.15) is 38.1 Å². The third-order valence-electron chi connectivity index (χ3n) is 6.25. The van der Waals surface area contributed by atoms with Crippen molar-refractivity contribution in [2.45, 2.75) is 76.9 Å². The summed E-state index contributed by atoms with van der Waals surface area (Å²) in [6, 6.07) is 5.97. The highest BCUT2D eigenvalue weighted by atomic mass is 16.8. The van der Waals surface area contributed by atoms with Crippen LogP contribution in [0.3, 0.4) is 0 Å². The van der Waals surface area contributed by atoms with E-state index in [0.717, 1.165) is 27.7 Å². The lowest BCUT2D eigenvalue weighted by molar-refractivity contribution is -0.329. The second-order valence-electron chi connectivity index (χ2n) is 9.67. The van der Waals surface area contributed by atoms with Crippen LogP contribution >= 0.6 is 0 Å². The molecule has 0 unspecified atom stereocenters. The summed E-state index contributed by atoms with van der Waals surface area (Å²) >= 11 is 0. The number of benzene rings is 1. The Balaban J connectivity index is 1.96. The van der Waals surface area contributed by atoms with Gasteiger partial charge in [-0.2, -0.15) is 0 Å².